The second kappa shape index (κ2) is 15.2. The van der Waals surface area contributed by atoms with Crippen molar-refractivity contribution >= 4 is 50.7 Å². The predicted molar refractivity (Wildman–Crippen MR) is 183 cm³/mol. The average molecular weight is 679 g/mol. The zero-order chi connectivity index (χ0) is 32.7. The minimum Gasteiger partial charge on any atom is -0.352 e. The first kappa shape index (κ1) is 33.5. The van der Waals surface area contributed by atoms with Crippen molar-refractivity contribution in [2.75, 3.05) is 10.8 Å². The second-order valence-corrected chi connectivity index (χ2v) is 14.3. The third-order valence-electron chi connectivity index (χ3n) is 8.32. The van der Waals surface area contributed by atoms with E-state index < -0.39 is 28.5 Å². The van der Waals surface area contributed by atoms with E-state index in [1.54, 1.807) is 61.5 Å². The number of hydrogen-bond donors (Lipinski definition) is 1. The van der Waals surface area contributed by atoms with Crippen LogP contribution in [0, 0.1) is 6.92 Å². The van der Waals surface area contributed by atoms with Crippen LogP contribution in [0.25, 0.3) is 0 Å². The van der Waals surface area contributed by atoms with E-state index in [1.807, 2.05) is 36.4 Å². The van der Waals surface area contributed by atoms with Crippen LogP contribution >= 0.6 is 23.2 Å². The number of benzene rings is 4. The van der Waals surface area contributed by atoms with Crippen molar-refractivity contribution in [3.63, 3.8) is 0 Å². The van der Waals surface area contributed by atoms with E-state index in [-0.39, 0.29) is 29.8 Å². The number of anilines is 1. The Morgan fingerprint density at radius 2 is 1.50 bits per heavy atom. The summed E-state index contributed by atoms with van der Waals surface area (Å²) in [6.45, 7) is 1.23. The van der Waals surface area contributed by atoms with Gasteiger partial charge in [0.05, 0.1) is 10.6 Å². The highest BCUT2D eigenvalue weighted by atomic mass is 35.5. The van der Waals surface area contributed by atoms with Crippen molar-refractivity contribution in [2.24, 2.45) is 0 Å². The van der Waals surface area contributed by atoms with E-state index in [9.17, 15) is 18.0 Å². The number of aryl methyl sites for hydroxylation is 1. The molecule has 2 amide bonds. The summed E-state index contributed by atoms with van der Waals surface area (Å²) in [7, 11) is -4.17. The van der Waals surface area contributed by atoms with Gasteiger partial charge in [-0.15, -0.1) is 0 Å². The van der Waals surface area contributed by atoms with E-state index in [2.05, 4.69) is 5.32 Å². The van der Waals surface area contributed by atoms with Crippen LogP contribution in [0.4, 0.5) is 5.69 Å². The van der Waals surface area contributed by atoms with Crippen LogP contribution in [0.5, 0.6) is 0 Å². The lowest BCUT2D eigenvalue weighted by Gasteiger charge is -2.34. The van der Waals surface area contributed by atoms with Gasteiger partial charge >= 0.3 is 0 Å². The van der Waals surface area contributed by atoms with Crippen molar-refractivity contribution < 1.29 is 18.0 Å². The van der Waals surface area contributed by atoms with Gasteiger partial charge in [-0.3, -0.25) is 13.9 Å². The smallest absolute Gasteiger partial charge is 0.264 e. The van der Waals surface area contributed by atoms with Crippen LogP contribution in [0.15, 0.2) is 108 Å². The topological polar surface area (TPSA) is 86.8 Å². The summed E-state index contributed by atoms with van der Waals surface area (Å²) in [5.41, 5.74) is 2.50. The number of nitrogens with zero attached hydrogens (tertiary/aromatic N) is 2. The number of sulfonamides is 1. The van der Waals surface area contributed by atoms with Crippen molar-refractivity contribution in [3.05, 3.63) is 130 Å². The normalized spacial score (nSPS) is 14.1. The molecular weight excluding hydrogens is 641 g/mol. The first-order valence-corrected chi connectivity index (χ1v) is 17.5. The summed E-state index contributed by atoms with van der Waals surface area (Å²) in [5, 5.41) is 3.95. The molecule has 1 fully saturated rings. The van der Waals surface area contributed by atoms with Gasteiger partial charge in [0, 0.05) is 29.1 Å². The van der Waals surface area contributed by atoms with Crippen molar-refractivity contribution in [2.45, 2.75) is 62.6 Å². The van der Waals surface area contributed by atoms with Gasteiger partial charge < -0.3 is 10.2 Å². The molecule has 1 saturated carbocycles. The van der Waals surface area contributed by atoms with E-state index in [0.717, 1.165) is 35.6 Å². The Kier molecular flexibility index (Phi) is 11.0. The predicted octanol–water partition coefficient (Wildman–Crippen LogP) is 7.20. The Bertz CT molecular complexity index is 1760. The molecule has 0 aliphatic heterocycles. The number of para-hydroxylation sites is 1. The van der Waals surface area contributed by atoms with Crippen LogP contribution in [-0.2, 0) is 32.6 Å². The number of amides is 2. The molecule has 46 heavy (non-hydrogen) atoms. The molecule has 0 unspecified atom stereocenters. The molecule has 7 nitrogen and oxygen atoms in total. The second-order valence-electron chi connectivity index (χ2n) is 11.6. The third kappa shape index (κ3) is 8.10. The Balaban J connectivity index is 1.58. The Labute approximate surface area is 281 Å². The van der Waals surface area contributed by atoms with Crippen LogP contribution < -0.4 is 9.62 Å². The van der Waals surface area contributed by atoms with Gasteiger partial charge in [0.15, 0.2) is 0 Å². The van der Waals surface area contributed by atoms with E-state index in [1.165, 1.54) is 17.0 Å². The number of carbonyl (C=O) groups is 2. The average Bonchev–Trinajstić information content (AvgIpc) is 3.56. The SMILES string of the molecule is Cc1ccccc1N(CC(=O)N(Cc1ccc(Cl)cc1Cl)[C@H](Cc1ccccc1)C(=O)NC1CCCC1)S(=O)(=O)c1ccccc1. The lowest BCUT2D eigenvalue weighted by molar-refractivity contribution is -0.140. The van der Waals surface area contributed by atoms with E-state index >= 15 is 0 Å². The first-order chi connectivity index (χ1) is 22.1. The molecule has 1 aliphatic carbocycles. The number of hydrogen-bond acceptors (Lipinski definition) is 4. The summed E-state index contributed by atoms with van der Waals surface area (Å²) in [6, 6.07) is 28.6. The lowest BCUT2D eigenvalue weighted by atomic mass is 10.0. The maximum absolute atomic E-state index is 14.6. The molecule has 0 spiro atoms. The molecule has 240 valence electrons. The monoisotopic (exact) mass is 677 g/mol. The van der Waals surface area contributed by atoms with E-state index in [4.69, 9.17) is 23.2 Å². The maximum atomic E-state index is 14.6. The highest BCUT2D eigenvalue weighted by Crippen LogP contribution is 2.29. The number of rotatable bonds is 12. The fraction of sp³-hybridized carbons (Fsp3) is 0.278. The first-order valence-electron chi connectivity index (χ1n) is 15.3. The highest BCUT2D eigenvalue weighted by molar-refractivity contribution is 7.92. The Morgan fingerprint density at radius 1 is 0.870 bits per heavy atom. The molecule has 10 heteroatoms. The lowest BCUT2D eigenvalue weighted by Crippen LogP contribution is -2.54. The third-order valence-corrected chi connectivity index (χ3v) is 10.7. The molecule has 5 rings (SSSR count). The van der Waals surface area contributed by atoms with Gasteiger partial charge in [0.25, 0.3) is 10.0 Å². The number of carbonyl (C=O) groups excluding carboxylic acids is 2. The Morgan fingerprint density at radius 3 is 2.15 bits per heavy atom. The van der Waals surface area contributed by atoms with Crippen LogP contribution in [0.2, 0.25) is 10.0 Å². The van der Waals surface area contributed by atoms with Gasteiger partial charge in [-0.2, -0.15) is 0 Å². The van der Waals surface area contributed by atoms with Gasteiger partial charge in [-0.1, -0.05) is 109 Å². The molecule has 1 N–H and O–H groups in total. The fourth-order valence-electron chi connectivity index (χ4n) is 5.83. The summed E-state index contributed by atoms with van der Waals surface area (Å²) in [4.78, 5) is 30.3. The standard InChI is InChI=1S/C36H37Cl2N3O4S/c1-26-12-8-11-19-33(26)41(46(44,45)31-17-6-3-7-18-31)25-35(42)40(24-28-20-21-29(37)23-32(28)38)34(22-27-13-4-2-5-14-27)36(43)39-30-15-9-10-16-30/h2-8,11-14,17-21,23,30,34H,9-10,15-16,22,24-25H2,1H3,(H,39,43)/t34-/m1/s1. The van der Waals surface area contributed by atoms with Gasteiger partial charge in [0.1, 0.15) is 12.6 Å². The molecule has 4 aromatic rings. The largest absolute Gasteiger partial charge is 0.352 e. The zero-order valence-electron chi connectivity index (χ0n) is 25.6. The van der Waals surface area contributed by atoms with Crippen LogP contribution in [-0.4, -0.2) is 43.8 Å². The summed E-state index contributed by atoms with van der Waals surface area (Å²) >= 11 is 12.8. The van der Waals surface area contributed by atoms with Gasteiger partial charge in [-0.25, -0.2) is 8.42 Å². The van der Waals surface area contributed by atoms with Crippen molar-refractivity contribution in [3.8, 4) is 0 Å². The molecular formula is C36H37Cl2N3O4S. The number of nitrogens with one attached hydrogen (secondary N) is 1. The molecule has 0 heterocycles. The van der Waals surface area contributed by atoms with E-state index in [0.29, 0.717) is 26.9 Å². The zero-order valence-corrected chi connectivity index (χ0v) is 27.9. The molecule has 0 bridgehead atoms. The Hall–Kier alpha value is -3.85. The number of halogens is 2. The van der Waals surface area contributed by atoms with Crippen LogP contribution in [0.1, 0.15) is 42.4 Å². The molecule has 4 aromatic carbocycles. The molecule has 0 saturated heterocycles. The van der Waals surface area contributed by atoms with Crippen LogP contribution in [0.3, 0.4) is 0 Å². The molecule has 0 radical (unpaired) electrons. The maximum Gasteiger partial charge on any atom is 0.264 e. The van der Waals surface area contributed by atoms with Crippen molar-refractivity contribution in [1.82, 2.24) is 10.2 Å². The minimum absolute atomic E-state index is 0.0174. The van der Waals surface area contributed by atoms with Gasteiger partial charge in [0.2, 0.25) is 11.8 Å². The summed E-state index contributed by atoms with van der Waals surface area (Å²) in [5.74, 6) is -0.834. The quantitative estimate of drug-likeness (QED) is 0.172. The highest BCUT2D eigenvalue weighted by Gasteiger charge is 2.36. The molecule has 1 atom stereocenters. The minimum atomic E-state index is -4.17. The molecule has 1 aliphatic rings. The summed E-state index contributed by atoms with van der Waals surface area (Å²) in [6.07, 6.45) is 4.03. The molecule has 0 aromatic heterocycles. The van der Waals surface area contributed by atoms with Gasteiger partial charge in [-0.05, 0) is 66.8 Å². The fourth-order valence-corrected chi connectivity index (χ4v) is 7.80. The summed E-state index contributed by atoms with van der Waals surface area (Å²) < 4.78 is 29.4. The van der Waals surface area contributed by atoms with Crippen molar-refractivity contribution in [1.29, 1.82) is 0 Å².